The number of benzene rings is 2. The van der Waals surface area contributed by atoms with Crippen LogP contribution in [0.3, 0.4) is 0 Å². The minimum atomic E-state index is -0.679. The van der Waals surface area contributed by atoms with Gasteiger partial charge in [-0.15, -0.1) is 0 Å². The third kappa shape index (κ3) is 4.20. The molecular formula is C23H30N2O2S. The SMILES string of the molecule is CCOC(=O)C(C)(C)c1ccc2c(c1)N(CCCN(C)C)c1ccccc1S2. The molecular weight excluding hydrogens is 368 g/mol. The van der Waals surface area contributed by atoms with E-state index in [1.807, 2.05) is 20.8 Å². The van der Waals surface area contributed by atoms with E-state index in [1.54, 1.807) is 11.8 Å². The molecule has 0 spiro atoms. The maximum absolute atomic E-state index is 12.5. The van der Waals surface area contributed by atoms with Crippen LogP contribution < -0.4 is 4.90 Å². The highest BCUT2D eigenvalue weighted by Gasteiger charge is 2.33. The van der Waals surface area contributed by atoms with E-state index < -0.39 is 5.41 Å². The van der Waals surface area contributed by atoms with E-state index >= 15 is 0 Å². The number of hydrogen-bond acceptors (Lipinski definition) is 5. The average molecular weight is 399 g/mol. The molecule has 0 saturated heterocycles. The van der Waals surface area contributed by atoms with Crippen LogP contribution in [0.15, 0.2) is 52.3 Å². The zero-order chi connectivity index (χ0) is 20.3. The number of ether oxygens (including phenoxy) is 1. The molecule has 0 radical (unpaired) electrons. The number of para-hydroxylation sites is 1. The summed E-state index contributed by atoms with van der Waals surface area (Å²) in [6.07, 6.45) is 1.07. The molecule has 0 bridgehead atoms. The Bertz CT molecular complexity index is 848. The van der Waals surface area contributed by atoms with Crippen molar-refractivity contribution < 1.29 is 9.53 Å². The second kappa shape index (κ2) is 8.58. The Morgan fingerprint density at radius 1 is 1.11 bits per heavy atom. The van der Waals surface area contributed by atoms with Gasteiger partial charge in [-0.05, 0) is 77.7 Å². The molecule has 0 fully saturated rings. The van der Waals surface area contributed by atoms with E-state index in [1.165, 1.54) is 21.2 Å². The van der Waals surface area contributed by atoms with Crippen LogP contribution in [0, 0.1) is 0 Å². The van der Waals surface area contributed by atoms with Gasteiger partial charge in [-0.25, -0.2) is 0 Å². The first-order valence-corrected chi connectivity index (χ1v) is 10.7. The minimum absolute atomic E-state index is 0.182. The van der Waals surface area contributed by atoms with Crippen LogP contribution in [0.2, 0.25) is 0 Å². The van der Waals surface area contributed by atoms with Crippen molar-refractivity contribution in [3.05, 3.63) is 48.0 Å². The Hall–Kier alpha value is -1.98. The zero-order valence-corrected chi connectivity index (χ0v) is 18.3. The molecule has 0 unspecified atom stereocenters. The average Bonchev–Trinajstić information content (AvgIpc) is 2.67. The Morgan fingerprint density at radius 3 is 2.54 bits per heavy atom. The Balaban J connectivity index is 1.98. The lowest BCUT2D eigenvalue weighted by molar-refractivity contribution is -0.148. The monoisotopic (exact) mass is 398 g/mol. The Kier molecular flexibility index (Phi) is 6.36. The molecule has 28 heavy (non-hydrogen) atoms. The molecule has 0 aliphatic carbocycles. The smallest absolute Gasteiger partial charge is 0.315 e. The van der Waals surface area contributed by atoms with Gasteiger partial charge in [0.05, 0.1) is 23.4 Å². The number of rotatable bonds is 7. The van der Waals surface area contributed by atoms with E-state index in [2.05, 4.69) is 66.4 Å². The van der Waals surface area contributed by atoms with Gasteiger partial charge in [0, 0.05) is 16.3 Å². The number of nitrogens with zero attached hydrogens (tertiary/aromatic N) is 2. The standard InChI is InChI=1S/C23H30N2O2S/c1-6-27-22(26)23(2,3)17-12-13-21-19(16-17)25(15-9-14-24(4)5)18-10-7-8-11-20(18)28-21/h7-8,10-13,16H,6,9,14-15H2,1-5H3. The number of carbonyl (C=O) groups is 1. The van der Waals surface area contributed by atoms with Crippen LogP contribution in [0.5, 0.6) is 0 Å². The maximum atomic E-state index is 12.5. The van der Waals surface area contributed by atoms with Crippen molar-refractivity contribution in [3.8, 4) is 0 Å². The van der Waals surface area contributed by atoms with Gasteiger partial charge in [0.2, 0.25) is 0 Å². The number of esters is 1. The maximum Gasteiger partial charge on any atom is 0.315 e. The van der Waals surface area contributed by atoms with Crippen molar-refractivity contribution in [2.75, 3.05) is 38.7 Å². The van der Waals surface area contributed by atoms with Crippen LogP contribution >= 0.6 is 11.8 Å². The lowest BCUT2D eigenvalue weighted by atomic mass is 9.84. The van der Waals surface area contributed by atoms with Crippen LogP contribution in [0.1, 0.15) is 32.8 Å². The van der Waals surface area contributed by atoms with Gasteiger partial charge in [0.25, 0.3) is 0 Å². The quantitative estimate of drug-likeness (QED) is 0.607. The number of anilines is 2. The molecule has 0 atom stereocenters. The predicted octanol–water partition coefficient (Wildman–Crippen LogP) is 5.08. The Labute approximate surface area is 172 Å². The summed E-state index contributed by atoms with van der Waals surface area (Å²) in [4.78, 5) is 19.6. The summed E-state index contributed by atoms with van der Waals surface area (Å²) in [7, 11) is 4.21. The molecule has 5 heteroatoms. The lowest BCUT2D eigenvalue weighted by Crippen LogP contribution is -2.32. The van der Waals surface area contributed by atoms with Gasteiger partial charge in [-0.3, -0.25) is 4.79 Å². The van der Waals surface area contributed by atoms with Crippen molar-refractivity contribution in [2.24, 2.45) is 0 Å². The van der Waals surface area contributed by atoms with Gasteiger partial charge in [0.1, 0.15) is 0 Å². The van der Waals surface area contributed by atoms with Gasteiger partial charge in [-0.2, -0.15) is 0 Å². The van der Waals surface area contributed by atoms with E-state index in [4.69, 9.17) is 4.74 Å². The van der Waals surface area contributed by atoms with Gasteiger partial charge in [-0.1, -0.05) is 30.0 Å². The van der Waals surface area contributed by atoms with Crippen molar-refractivity contribution in [1.82, 2.24) is 4.90 Å². The molecule has 1 heterocycles. The molecule has 4 nitrogen and oxygen atoms in total. The summed E-state index contributed by atoms with van der Waals surface area (Å²) < 4.78 is 5.32. The fraction of sp³-hybridized carbons (Fsp3) is 0.435. The van der Waals surface area contributed by atoms with Crippen molar-refractivity contribution in [2.45, 2.75) is 42.4 Å². The number of fused-ring (bicyclic) bond motifs is 2. The third-order valence-electron chi connectivity index (χ3n) is 5.12. The zero-order valence-electron chi connectivity index (χ0n) is 17.5. The summed E-state index contributed by atoms with van der Waals surface area (Å²) in [6, 6.07) is 14.9. The second-order valence-corrected chi connectivity index (χ2v) is 8.99. The summed E-state index contributed by atoms with van der Waals surface area (Å²) >= 11 is 1.80. The fourth-order valence-electron chi connectivity index (χ4n) is 3.43. The third-order valence-corrected chi connectivity index (χ3v) is 6.25. The molecule has 0 saturated carbocycles. The first kappa shape index (κ1) is 20.7. The molecule has 0 aromatic heterocycles. The summed E-state index contributed by atoms with van der Waals surface area (Å²) in [6.45, 7) is 8.09. The Morgan fingerprint density at radius 2 is 1.82 bits per heavy atom. The number of carbonyl (C=O) groups excluding carboxylic acids is 1. The van der Waals surface area contributed by atoms with Gasteiger partial charge in [0.15, 0.2) is 0 Å². The highest BCUT2D eigenvalue weighted by molar-refractivity contribution is 7.99. The van der Waals surface area contributed by atoms with Crippen LogP contribution in [-0.2, 0) is 14.9 Å². The first-order valence-electron chi connectivity index (χ1n) is 9.85. The molecule has 0 amide bonds. The highest BCUT2D eigenvalue weighted by Crippen LogP contribution is 2.49. The summed E-state index contributed by atoms with van der Waals surface area (Å²) in [5, 5.41) is 0. The first-order chi connectivity index (χ1) is 13.3. The molecule has 1 aliphatic heterocycles. The summed E-state index contributed by atoms with van der Waals surface area (Å²) in [5.74, 6) is -0.182. The summed E-state index contributed by atoms with van der Waals surface area (Å²) in [5.41, 5.74) is 2.73. The normalized spacial score (nSPS) is 13.3. The van der Waals surface area contributed by atoms with E-state index in [9.17, 15) is 4.79 Å². The van der Waals surface area contributed by atoms with Crippen LogP contribution in [-0.4, -0.2) is 44.7 Å². The molecule has 3 rings (SSSR count). The topological polar surface area (TPSA) is 32.8 Å². The van der Waals surface area contributed by atoms with Crippen LogP contribution in [0.4, 0.5) is 11.4 Å². The molecule has 1 aliphatic rings. The van der Waals surface area contributed by atoms with E-state index in [0.717, 1.165) is 25.1 Å². The van der Waals surface area contributed by atoms with Crippen molar-refractivity contribution >= 4 is 29.1 Å². The largest absolute Gasteiger partial charge is 0.465 e. The molecule has 2 aromatic carbocycles. The molecule has 150 valence electrons. The number of hydrogen-bond donors (Lipinski definition) is 0. The van der Waals surface area contributed by atoms with Crippen LogP contribution in [0.25, 0.3) is 0 Å². The van der Waals surface area contributed by atoms with Crippen molar-refractivity contribution in [3.63, 3.8) is 0 Å². The minimum Gasteiger partial charge on any atom is -0.465 e. The van der Waals surface area contributed by atoms with Gasteiger partial charge >= 0.3 is 5.97 Å². The predicted molar refractivity (Wildman–Crippen MR) is 117 cm³/mol. The molecule has 2 aromatic rings. The van der Waals surface area contributed by atoms with Gasteiger partial charge < -0.3 is 14.5 Å². The van der Waals surface area contributed by atoms with Crippen molar-refractivity contribution in [1.29, 1.82) is 0 Å². The second-order valence-electron chi connectivity index (χ2n) is 7.91. The fourth-order valence-corrected chi connectivity index (χ4v) is 4.51. The highest BCUT2D eigenvalue weighted by atomic mass is 32.2. The molecule has 0 N–H and O–H groups in total. The van der Waals surface area contributed by atoms with E-state index in [-0.39, 0.29) is 5.97 Å². The van der Waals surface area contributed by atoms with E-state index in [0.29, 0.717) is 6.61 Å². The lowest BCUT2D eigenvalue weighted by Gasteiger charge is -2.34.